The van der Waals surface area contributed by atoms with E-state index in [0.717, 1.165) is 24.3 Å². The Kier molecular flexibility index (Phi) is 4.94. The minimum atomic E-state index is -1.73. The molecule has 32 heavy (non-hydrogen) atoms. The Balaban J connectivity index is 1.89. The van der Waals surface area contributed by atoms with Gasteiger partial charge in [-0.15, -0.1) is 0 Å². The zero-order valence-corrected chi connectivity index (χ0v) is 16.2. The number of Topliss-reactive ketones (excluding diaryl/α,β-unsaturated/α-hetero) is 2. The van der Waals surface area contributed by atoms with Crippen LogP contribution in [0.1, 0.15) is 32.2 Å². The summed E-state index contributed by atoms with van der Waals surface area (Å²) in [6.07, 6.45) is 0. The Morgan fingerprint density at radius 1 is 0.781 bits per heavy atom. The lowest BCUT2D eigenvalue weighted by atomic mass is 9.75. The summed E-state index contributed by atoms with van der Waals surface area (Å²) >= 11 is 0. The van der Waals surface area contributed by atoms with Gasteiger partial charge in [0.25, 0.3) is 0 Å². The maximum atomic E-state index is 13.4. The van der Waals surface area contributed by atoms with Crippen LogP contribution < -0.4 is 4.74 Å². The molecule has 1 heterocycles. The number of fused-ring (bicyclic) bond motifs is 1. The number of rotatable bonds is 4. The second kappa shape index (κ2) is 7.62. The fourth-order valence-electron chi connectivity index (χ4n) is 3.66. The summed E-state index contributed by atoms with van der Waals surface area (Å²) in [4.78, 5) is 39.5. The topological polar surface area (TPSA) is 162 Å². The van der Waals surface area contributed by atoms with Crippen molar-refractivity contribution in [3.8, 4) is 34.5 Å². The molecular formula is C23H16O9. The van der Waals surface area contributed by atoms with E-state index in [-0.39, 0.29) is 22.4 Å². The number of esters is 1. The average molecular weight is 436 g/mol. The largest absolute Gasteiger partial charge is 0.507 e. The van der Waals surface area contributed by atoms with E-state index >= 15 is 0 Å². The van der Waals surface area contributed by atoms with Crippen LogP contribution in [0.5, 0.6) is 34.5 Å². The predicted molar refractivity (Wildman–Crippen MR) is 108 cm³/mol. The van der Waals surface area contributed by atoms with Crippen LogP contribution in [0.2, 0.25) is 0 Å². The highest BCUT2D eigenvalue weighted by Gasteiger charge is 2.47. The molecule has 5 N–H and O–H groups in total. The van der Waals surface area contributed by atoms with Crippen LogP contribution in [0.4, 0.5) is 0 Å². The van der Waals surface area contributed by atoms with Crippen molar-refractivity contribution in [2.24, 2.45) is 5.92 Å². The van der Waals surface area contributed by atoms with Crippen LogP contribution in [0.25, 0.3) is 0 Å². The van der Waals surface area contributed by atoms with Crippen molar-refractivity contribution in [3.05, 3.63) is 71.3 Å². The van der Waals surface area contributed by atoms with Crippen molar-refractivity contribution < 1.29 is 44.7 Å². The number of phenols is 5. The molecule has 0 aromatic heterocycles. The van der Waals surface area contributed by atoms with E-state index in [4.69, 9.17) is 4.74 Å². The molecule has 9 heteroatoms. The zero-order valence-electron chi connectivity index (χ0n) is 16.2. The molecule has 0 aliphatic carbocycles. The normalized spacial score (nSPS) is 16.2. The quantitative estimate of drug-likeness (QED) is 0.136. The number of ketones is 2. The van der Waals surface area contributed by atoms with Gasteiger partial charge in [0.05, 0.1) is 5.92 Å². The highest BCUT2D eigenvalue weighted by Crippen LogP contribution is 2.42. The molecule has 1 aliphatic rings. The highest BCUT2D eigenvalue weighted by atomic mass is 16.5. The fraction of sp³-hybridized carbons (Fsp3) is 0.0870. The molecule has 0 spiro atoms. The third kappa shape index (κ3) is 3.35. The van der Waals surface area contributed by atoms with Gasteiger partial charge in [0.15, 0.2) is 34.6 Å². The molecule has 0 fully saturated rings. The maximum Gasteiger partial charge on any atom is 0.323 e. The van der Waals surface area contributed by atoms with E-state index in [2.05, 4.69) is 0 Å². The van der Waals surface area contributed by atoms with Gasteiger partial charge >= 0.3 is 5.97 Å². The summed E-state index contributed by atoms with van der Waals surface area (Å²) in [6, 6.07) is 10.5. The molecule has 0 saturated heterocycles. The monoisotopic (exact) mass is 436 g/mol. The molecule has 2 atom stereocenters. The van der Waals surface area contributed by atoms with Gasteiger partial charge in [-0.2, -0.15) is 0 Å². The van der Waals surface area contributed by atoms with Crippen molar-refractivity contribution in [1.29, 1.82) is 0 Å². The molecule has 1 aliphatic heterocycles. The summed E-state index contributed by atoms with van der Waals surface area (Å²) in [6.45, 7) is 0. The molecule has 162 valence electrons. The van der Waals surface area contributed by atoms with Crippen molar-refractivity contribution in [3.63, 3.8) is 0 Å². The van der Waals surface area contributed by atoms with Crippen LogP contribution >= 0.6 is 0 Å². The molecule has 0 amide bonds. The average Bonchev–Trinajstić information content (AvgIpc) is 2.74. The molecule has 9 nitrogen and oxygen atoms in total. The van der Waals surface area contributed by atoms with Gasteiger partial charge in [0.2, 0.25) is 0 Å². The van der Waals surface area contributed by atoms with Gasteiger partial charge in [0, 0.05) is 5.56 Å². The molecule has 3 aromatic carbocycles. The van der Waals surface area contributed by atoms with Gasteiger partial charge in [-0.05, 0) is 48.0 Å². The van der Waals surface area contributed by atoms with E-state index < -0.39 is 58.1 Å². The van der Waals surface area contributed by atoms with E-state index in [1.807, 2.05) is 0 Å². The minimum Gasteiger partial charge on any atom is -0.507 e. The number of benzene rings is 3. The summed E-state index contributed by atoms with van der Waals surface area (Å²) in [5.41, 5.74) is -0.403. The molecule has 3 aromatic rings. The third-order valence-electron chi connectivity index (χ3n) is 5.23. The second-order valence-electron chi connectivity index (χ2n) is 7.21. The number of carbonyl (C=O) groups is 3. The Bertz CT molecular complexity index is 1280. The van der Waals surface area contributed by atoms with Gasteiger partial charge in [0.1, 0.15) is 23.0 Å². The number of hydrogen-bond donors (Lipinski definition) is 5. The fourth-order valence-corrected chi connectivity index (χ4v) is 3.66. The SMILES string of the molecule is O=C1Oc2cccc(O)c2C(=O)C1C(C(=O)c1ccc(O)c(O)c1)c1ccc(O)c(O)c1. The first-order valence-corrected chi connectivity index (χ1v) is 9.35. The molecular weight excluding hydrogens is 420 g/mol. The third-order valence-corrected chi connectivity index (χ3v) is 5.23. The number of aromatic hydroxyl groups is 5. The van der Waals surface area contributed by atoms with E-state index in [9.17, 15) is 39.9 Å². The Morgan fingerprint density at radius 3 is 2.09 bits per heavy atom. The second-order valence-corrected chi connectivity index (χ2v) is 7.21. The van der Waals surface area contributed by atoms with Crippen LogP contribution in [0, 0.1) is 5.92 Å². The van der Waals surface area contributed by atoms with Crippen LogP contribution in [0.15, 0.2) is 54.6 Å². The first-order chi connectivity index (χ1) is 15.2. The first kappa shape index (κ1) is 20.7. The molecule has 4 rings (SSSR count). The lowest BCUT2D eigenvalue weighted by Crippen LogP contribution is -2.40. The number of phenolic OH excluding ortho intramolecular Hbond substituents is 5. The zero-order chi connectivity index (χ0) is 23.2. The molecule has 0 saturated carbocycles. The Hall–Kier alpha value is -4.53. The Morgan fingerprint density at radius 2 is 1.44 bits per heavy atom. The smallest absolute Gasteiger partial charge is 0.323 e. The number of hydrogen-bond acceptors (Lipinski definition) is 9. The van der Waals surface area contributed by atoms with Crippen LogP contribution in [-0.4, -0.2) is 43.1 Å². The van der Waals surface area contributed by atoms with Crippen LogP contribution in [0.3, 0.4) is 0 Å². The summed E-state index contributed by atoms with van der Waals surface area (Å²) in [5, 5.41) is 49.1. The van der Waals surface area contributed by atoms with Crippen LogP contribution in [-0.2, 0) is 4.79 Å². The Labute approximate surface area is 180 Å². The van der Waals surface area contributed by atoms with Gasteiger partial charge in [-0.1, -0.05) is 12.1 Å². The lowest BCUT2D eigenvalue weighted by molar-refractivity contribution is -0.138. The van der Waals surface area contributed by atoms with E-state index in [0.29, 0.717) is 0 Å². The molecule has 0 bridgehead atoms. The summed E-state index contributed by atoms with van der Waals surface area (Å²) in [5.74, 6) is -8.75. The van der Waals surface area contributed by atoms with Crippen molar-refractivity contribution in [2.45, 2.75) is 5.92 Å². The van der Waals surface area contributed by atoms with Crippen molar-refractivity contribution in [1.82, 2.24) is 0 Å². The van der Waals surface area contributed by atoms with Crippen molar-refractivity contribution in [2.75, 3.05) is 0 Å². The predicted octanol–water partition coefficient (Wildman–Crippen LogP) is 2.60. The minimum absolute atomic E-state index is 0.00651. The summed E-state index contributed by atoms with van der Waals surface area (Å²) in [7, 11) is 0. The summed E-state index contributed by atoms with van der Waals surface area (Å²) < 4.78 is 5.21. The van der Waals surface area contributed by atoms with E-state index in [1.165, 1.54) is 30.3 Å². The van der Waals surface area contributed by atoms with Gasteiger partial charge in [-0.3, -0.25) is 14.4 Å². The standard InChI is InChI=1S/C23H16O9/c24-12-6-4-10(8-15(12)27)18(21(29)11-5-7-13(25)16(28)9-11)20-22(30)19-14(26)2-1-3-17(19)32-23(20)31/h1-9,18,20,24-28H. The lowest BCUT2D eigenvalue weighted by Gasteiger charge is -2.28. The molecule has 2 unspecified atom stereocenters. The maximum absolute atomic E-state index is 13.4. The number of carbonyl (C=O) groups excluding carboxylic acids is 3. The highest BCUT2D eigenvalue weighted by molar-refractivity contribution is 6.19. The van der Waals surface area contributed by atoms with E-state index in [1.54, 1.807) is 0 Å². The van der Waals surface area contributed by atoms with Gasteiger partial charge in [-0.25, -0.2) is 0 Å². The first-order valence-electron chi connectivity index (χ1n) is 9.35. The number of ether oxygens (including phenoxy) is 1. The van der Waals surface area contributed by atoms with Crippen molar-refractivity contribution >= 4 is 17.5 Å². The molecule has 0 radical (unpaired) electrons. The van der Waals surface area contributed by atoms with Gasteiger partial charge < -0.3 is 30.3 Å².